The molecule has 36 valence electrons. The summed E-state index contributed by atoms with van der Waals surface area (Å²) >= 11 is 0. The van der Waals surface area contributed by atoms with Gasteiger partial charge in [-0.2, -0.15) is 0 Å². The topological polar surface area (TPSA) is 45.7 Å². The molecular weight excluding hydrogens is 80.0 g/mol. The van der Waals surface area contributed by atoms with Gasteiger partial charge in [-0.15, -0.1) is 7.05 Å². The van der Waals surface area contributed by atoms with Crippen molar-refractivity contribution in [1.29, 1.82) is 0 Å². The Morgan fingerprint density at radius 2 is 2.50 bits per heavy atom. The van der Waals surface area contributed by atoms with E-state index < -0.39 is 0 Å². The van der Waals surface area contributed by atoms with Crippen LogP contribution in [0.2, 0.25) is 0 Å². The van der Waals surface area contributed by atoms with Gasteiger partial charge in [0.05, 0.1) is 0 Å². The second-order valence-electron chi connectivity index (χ2n) is 0.905. The van der Waals surface area contributed by atoms with Crippen LogP contribution in [0, 0.1) is 7.05 Å². The van der Waals surface area contributed by atoms with Crippen LogP contribution in [-0.2, 0) is 4.79 Å². The van der Waals surface area contributed by atoms with E-state index in [0.717, 1.165) is 0 Å². The largest absolute Gasteiger partial charge is 0.373 e. The molecule has 0 aliphatic carbocycles. The first-order chi connectivity index (χ1) is 2.77. The highest BCUT2D eigenvalue weighted by atomic mass is 16.2. The molecular formula is C3H8N2O. The van der Waals surface area contributed by atoms with Crippen molar-refractivity contribution in [2.45, 2.75) is 6.92 Å². The second kappa shape index (κ2) is 2.66. The SMILES string of the molecule is [CH2-][NH2+]NC(C)=O. The molecule has 6 heavy (non-hydrogen) atoms. The maximum absolute atomic E-state index is 9.86. The van der Waals surface area contributed by atoms with Crippen LogP contribution in [0.3, 0.4) is 0 Å². The lowest BCUT2D eigenvalue weighted by Gasteiger charge is -1.94. The Morgan fingerprint density at radius 3 is 2.50 bits per heavy atom. The van der Waals surface area contributed by atoms with E-state index in [4.69, 9.17) is 0 Å². The molecule has 0 aromatic carbocycles. The van der Waals surface area contributed by atoms with E-state index in [-0.39, 0.29) is 5.91 Å². The van der Waals surface area contributed by atoms with Crippen molar-refractivity contribution < 1.29 is 10.2 Å². The number of carbonyl (C=O) groups is 1. The molecule has 3 heteroatoms. The lowest BCUT2D eigenvalue weighted by atomic mass is 10.8. The van der Waals surface area contributed by atoms with E-state index in [9.17, 15) is 4.79 Å². The zero-order valence-corrected chi connectivity index (χ0v) is 3.69. The van der Waals surface area contributed by atoms with Gasteiger partial charge in [0.1, 0.15) is 0 Å². The van der Waals surface area contributed by atoms with Crippen LogP contribution < -0.4 is 10.9 Å². The van der Waals surface area contributed by atoms with E-state index in [1.165, 1.54) is 12.3 Å². The average molecular weight is 88.1 g/mol. The molecule has 0 spiro atoms. The fourth-order valence-corrected chi connectivity index (χ4v) is 0.144. The third kappa shape index (κ3) is 3.43. The van der Waals surface area contributed by atoms with E-state index in [1.807, 2.05) is 0 Å². The van der Waals surface area contributed by atoms with Gasteiger partial charge in [-0.25, -0.2) is 5.43 Å². The van der Waals surface area contributed by atoms with Gasteiger partial charge in [-0.05, 0) is 0 Å². The number of quaternary nitrogens is 1. The number of hydrogen-bond acceptors (Lipinski definition) is 1. The Hall–Kier alpha value is -0.570. The molecule has 1 amide bonds. The summed E-state index contributed by atoms with van der Waals surface area (Å²) < 4.78 is 0. The molecule has 0 saturated carbocycles. The zero-order valence-electron chi connectivity index (χ0n) is 3.69. The summed E-state index contributed by atoms with van der Waals surface area (Å²) in [7, 11) is 3.27. The zero-order chi connectivity index (χ0) is 4.99. The number of nitrogens with two attached hydrogens (primary N) is 1. The monoisotopic (exact) mass is 88.1 g/mol. The molecule has 0 atom stereocenters. The first kappa shape index (κ1) is 5.43. The van der Waals surface area contributed by atoms with E-state index in [2.05, 4.69) is 12.5 Å². The van der Waals surface area contributed by atoms with Crippen LogP contribution in [0.5, 0.6) is 0 Å². The summed E-state index contributed by atoms with van der Waals surface area (Å²) in [6, 6.07) is 0. The van der Waals surface area contributed by atoms with Gasteiger partial charge in [-0.3, -0.25) is 4.79 Å². The summed E-state index contributed by atoms with van der Waals surface area (Å²) in [5.74, 6) is -0.0787. The Labute approximate surface area is 36.7 Å². The maximum Gasteiger partial charge on any atom is 0.259 e. The van der Waals surface area contributed by atoms with Gasteiger partial charge in [0.15, 0.2) is 0 Å². The first-order valence-electron chi connectivity index (χ1n) is 1.65. The van der Waals surface area contributed by atoms with Crippen LogP contribution in [0.1, 0.15) is 6.92 Å². The highest BCUT2D eigenvalue weighted by Gasteiger charge is 1.78. The number of hydrogen-bond donors (Lipinski definition) is 2. The van der Waals surface area contributed by atoms with Gasteiger partial charge in [0, 0.05) is 6.92 Å². The van der Waals surface area contributed by atoms with E-state index in [1.54, 1.807) is 0 Å². The molecule has 3 N–H and O–H groups in total. The maximum atomic E-state index is 9.86. The summed E-state index contributed by atoms with van der Waals surface area (Å²) in [5.41, 5.74) is 3.68. The van der Waals surface area contributed by atoms with Crippen molar-refractivity contribution in [3.63, 3.8) is 0 Å². The third-order valence-corrected chi connectivity index (χ3v) is 0.305. The van der Waals surface area contributed by atoms with Crippen molar-refractivity contribution in [3.05, 3.63) is 7.05 Å². The predicted octanol–water partition coefficient (Wildman–Crippen LogP) is -1.61. The molecule has 3 nitrogen and oxygen atoms in total. The molecule has 0 aromatic rings. The molecule has 0 aliphatic rings. The average Bonchev–Trinajstić information content (AvgIpc) is 1.35. The van der Waals surface area contributed by atoms with Gasteiger partial charge in [-0.1, -0.05) is 0 Å². The fourth-order valence-electron chi connectivity index (χ4n) is 0.144. The lowest BCUT2D eigenvalue weighted by Crippen LogP contribution is -2.88. The van der Waals surface area contributed by atoms with Crippen molar-refractivity contribution in [1.82, 2.24) is 5.43 Å². The minimum atomic E-state index is -0.0787. The lowest BCUT2D eigenvalue weighted by molar-refractivity contribution is -0.642. The highest BCUT2D eigenvalue weighted by Crippen LogP contribution is 1.41. The Morgan fingerprint density at radius 1 is 2.00 bits per heavy atom. The van der Waals surface area contributed by atoms with E-state index in [0.29, 0.717) is 0 Å². The normalized spacial score (nSPS) is 7.67. The molecule has 0 rings (SSSR count). The Balaban J connectivity index is 2.83. The van der Waals surface area contributed by atoms with Crippen LogP contribution in [-0.4, -0.2) is 5.91 Å². The fraction of sp³-hybridized carbons (Fsp3) is 0.333. The smallest absolute Gasteiger partial charge is 0.259 e. The molecule has 0 aromatic heterocycles. The predicted molar refractivity (Wildman–Crippen MR) is 21.1 cm³/mol. The summed E-state index contributed by atoms with van der Waals surface area (Å²) in [6.45, 7) is 1.43. The van der Waals surface area contributed by atoms with Gasteiger partial charge < -0.3 is 5.43 Å². The van der Waals surface area contributed by atoms with Gasteiger partial charge in [0.2, 0.25) is 0 Å². The van der Waals surface area contributed by atoms with Crippen LogP contribution >= 0.6 is 0 Å². The minimum Gasteiger partial charge on any atom is -0.373 e. The van der Waals surface area contributed by atoms with Crippen molar-refractivity contribution in [2.75, 3.05) is 0 Å². The molecule has 0 bridgehead atoms. The molecule has 0 saturated heterocycles. The second-order valence-corrected chi connectivity index (χ2v) is 0.905. The summed E-state index contributed by atoms with van der Waals surface area (Å²) in [6.07, 6.45) is 0. The molecule has 0 radical (unpaired) electrons. The van der Waals surface area contributed by atoms with Crippen LogP contribution in [0.4, 0.5) is 0 Å². The quantitative estimate of drug-likeness (QED) is 0.172. The minimum absolute atomic E-state index is 0.0787. The number of rotatable bonds is 1. The Bertz CT molecular complexity index is 52.8. The van der Waals surface area contributed by atoms with Crippen molar-refractivity contribution >= 4 is 5.91 Å². The standard InChI is InChI=1S/C3H8N2O/c1-3(6)5-4-2/h2,4H2,1H3,(H,5,6). The number of carbonyl (C=O) groups excluding carboxylic acids is 1. The van der Waals surface area contributed by atoms with Crippen molar-refractivity contribution in [3.8, 4) is 0 Å². The summed E-state index contributed by atoms with van der Waals surface area (Å²) in [5, 5.41) is 0. The summed E-state index contributed by atoms with van der Waals surface area (Å²) in [4.78, 5) is 9.86. The molecule has 0 aliphatic heterocycles. The van der Waals surface area contributed by atoms with Crippen LogP contribution in [0.15, 0.2) is 0 Å². The first-order valence-corrected chi connectivity index (χ1v) is 1.65. The highest BCUT2D eigenvalue weighted by molar-refractivity contribution is 5.71. The molecule has 0 fully saturated rings. The van der Waals surface area contributed by atoms with E-state index >= 15 is 0 Å². The van der Waals surface area contributed by atoms with Gasteiger partial charge >= 0.3 is 0 Å². The Kier molecular flexibility index (Phi) is 2.40. The number of amides is 1. The van der Waals surface area contributed by atoms with Crippen molar-refractivity contribution in [2.24, 2.45) is 0 Å². The van der Waals surface area contributed by atoms with Gasteiger partial charge in [0.25, 0.3) is 5.91 Å². The molecule has 0 unspecified atom stereocenters. The number of nitrogens with one attached hydrogen (secondary N) is 1. The molecule has 0 heterocycles. The third-order valence-electron chi connectivity index (χ3n) is 0.305. The van der Waals surface area contributed by atoms with Crippen LogP contribution in [0.25, 0.3) is 0 Å².